The third-order valence-corrected chi connectivity index (χ3v) is 12.5. The van der Waals surface area contributed by atoms with Gasteiger partial charge in [-0.15, -0.1) is 0 Å². The first-order valence-corrected chi connectivity index (χ1v) is 24.3. The molecule has 0 spiro atoms. The second-order valence-corrected chi connectivity index (χ2v) is 18.0. The topological polar surface area (TPSA) is 378 Å². The second-order valence-electron chi connectivity index (χ2n) is 18.0. The van der Waals surface area contributed by atoms with Crippen molar-refractivity contribution in [2.24, 2.45) is 22.2 Å². The van der Waals surface area contributed by atoms with Gasteiger partial charge in [-0.05, 0) is 74.8 Å². The maximum Gasteiger partial charge on any atom is 2.00 e. The van der Waals surface area contributed by atoms with E-state index in [0.29, 0.717) is 68.0 Å². The summed E-state index contributed by atoms with van der Waals surface area (Å²) in [5.41, 5.74) is 17.0. The summed E-state index contributed by atoms with van der Waals surface area (Å²) in [5, 5.41) is 54.9. The Labute approximate surface area is 445 Å². The van der Waals surface area contributed by atoms with Gasteiger partial charge in [0, 0.05) is 103 Å². The quantitative estimate of drug-likeness (QED) is 0.0193. The Balaban J connectivity index is 0.0000141. The molecule has 73 heavy (non-hydrogen) atoms. The fourth-order valence-corrected chi connectivity index (χ4v) is 8.73. The number of unbranched alkanes of at least 4 members (excludes halogenated alkanes) is 2. The summed E-state index contributed by atoms with van der Waals surface area (Å²) in [6.45, 7) is 3.27. The average Bonchev–Trinajstić information content (AvgIpc) is 3.82. The van der Waals surface area contributed by atoms with Crippen molar-refractivity contribution >= 4 is 98.5 Å². The number of amides is 6. The van der Waals surface area contributed by atoms with Crippen molar-refractivity contribution in [2.45, 2.75) is 69.9 Å². The molecule has 0 bridgehead atoms. The summed E-state index contributed by atoms with van der Waals surface area (Å²) >= 11 is 0. The number of fused-ring (bicyclic) bond motifs is 1. The third-order valence-electron chi connectivity index (χ3n) is 12.5. The van der Waals surface area contributed by atoms with Crippen LogP contribution in [0.15, 0.2) is 41.4 Å². The molecule has 398 valence electrons. The van der Waals surface area contributed by atoms with Crippen molar-refractivity contribution in [1.29, 1.82) is 0 Å². The van der Waals surface area contributed by atoms with E-state index in [0.717, 1.165) is 0 Å². The van der Waals surface area contributed by atoms with Crippen LogP contribution in [0, 0.1) is 0 Å². The molecular weight excluding hydrogens is 1140 g/mol. The molecule has 0 saturated carbocycles. The first kappa shape index (κ1) is 61.8. The zero-order valence-electron chi connectivity index (χ0n) is 41.4. The minimum absolute atomic E-state index is 0. The molecule has 6 amide bonds. The number of guanidine groups is 1. The van der Waals surface area contributed by atoms with Crippen LogP contribution in [0.2, 0.25) is 0 Å². The number of nitrogens with zero attached hydrogens (tertiary/aromatic N) is 6. The number of likely N-dealkylation sites (tertiary alicyclic amines) is 1. The smallest absolute Gasteiger partial charge is 0.549 e. The normalized spacial score (nSPS) is 17.1. The number of aliphatic imine (C=N–C) groups is 1. The predicted molar refractivity (Wildman–Crippen MR) is 268 cm³/mol. The number of primary amides is 1. The fourth-order valence-electron chi connectivity index (χ4n) is 8.73. The number of nitrogens with one attached hydrogen (secondary N) is 4. The molecule has 2 saturated heterocycles. The Kier molecular flexibility index (Phi) is 27.0. The molecular formula is C46H70BN13O12Pb. The minimum Gasteiger partial charge on any atom is -0.549 e. The number of nitrogens with two attached hydrogens (primary N) is 3. The molecule has 2 aliphatic rings. The maximum absolute atomic E-state index is 13.6. The standard InChI is InChI=1S/C46H72BN13O12.Pb/c1-31(45(70)60-18-8-12-37(60)47(71)72)54-43(68)35-14-13-34(32-9-3-4-10-33(32)35)42(67)51-15-5-2-6-16-52-44(69)36(11-7-17-53-46(49)50)55-39(62)28-57-21-25-58(29-40(63)64)23-19-56(27-38(48)61)20-24-59(26-22-57)30-41(65)66;/h3-4,9-10,13-14,31,36-37,71-72H,2,5-8,11-12,15-30H2,1H3,(H2,48,61)(H,51,67)(H,52,69)(H,54,68)(H,55,62)(H,63,64)(H,65,66)(H4,49,50,53);/q;+2/p-2/t31-,36+,37+;/m1./s1. The van der Waals surface area contributed by atoms with Gasteiger partial charge in [-0.2, -0.15) is 0 Å². The zero-order chi connectivity index (χ0) is 52.7. The summed E-state index contributed by atoms with van der Waals surface area (Å²) in [6, 6.07) is 8.06. The number of carbonyl (C=O) groups is 8. The Morgan fingerprint density at radius 3 is 1.70 bits per heavy atom. The largest absolute Gasteiger partial charge is 2.00 e. The van der Waals surface area contributed by atoms with Gasteiger partial charge in [0.15, 0.2) is 5.96 Å². The first-order chi connectivity index (χ1) is 34.3. The van der Waals surface area contributed by atoms with Crippen molar-refractivity contribution in [2.75, 3.05) is 105 Å². The van der Waals surface area contributed by atoms with E-state index in [9.17, 15) is 58.6 Å². The van der Waals surface area contributed by atoms with Crippen LogP contribution in [0.4, 0.5) is 0 Å². The number of carboxylic acid groups (broad SMARTS) is 2. The van der Waals surface area contributed by atoms with Gasteiger partial charge in [-0.1, -0.05) is 24.3 Å². The molecule has 12 N–H and O–H groups in total. The molecule has 4 rings (SSSR count). The number of benzene rings is 2. The van der Waals surface area contributed by atoms with Gasteiger partial charge in [-0.3, -0.25) is 53.4 Å². The van der Waals surface area contributed by atoms with Crippen molar-refractivity contribution in [3.63, 3.8) is 0 Å². The van der Waals surface area contributed by atoms with E-state index in [4.69, 9.17) is 17.2 Å². The van der Waals surface area contributed by atoms with Gasteiger partial charge in [-0.25, -0.2) is 0 Å². The summed E-state index contributed by atoms with van der Waals surface area (Å²) < 4.78 is 0. The molecule has 0 aromatic heterocycles. The van der Waals surface area contributed by atoms with Crippen LogP contribution in [-0.4, -0.2) is 245 Å². The van der Waals surface area contributed by atoms with E-state index >= 15 is 0 Å². The number of carboxylic acids is 2. The average molecular weight is 1220 g/mol. The predicted octanol–water partition coefficient (Wildman–Crippen LogP) is -6.66. The van der Waals surface area contributed by atoms with Crippen LogP contribution in [0.25, 0.3) is 10.8 Å². The number of rotatable bonds is 25. The van der Waals surface area contributed by atoms with Gasteiger partial charge in [0.25, 0.3) is 11.8 Å². The van der Waals surface area contributed by atoms with Crippen LogP contribution in [0.1, 0.15) is 72.6 Å². The van der Waals surface area contributed by atoms with E-state index in [1.54, 1.807) is 49.9 Å². The van der Waals surface area contributed by atoms with Gasteiger partial charge >= 0.3 is 34.4 Å². The Bertz CT molecular complexity index is 2190. The van der Waals surface area contributed by atoms with Crippen molar-refractivity contribution in [3.8, 4) is 0 Å². The van der Waals surface area contributed by atoms with E-state index in [1.807, 2.05) is 0 Å². The van der Waals surface area contributed by atoms with Gasteiger partial charge in [0.1, 0.15) is 12.1 Å². The molecule has 2 radical (unpaired) electrons. The van der Waals surface area contributed by atoms with Crippen molar-refractivity contribution in [1.82, 2.24) is 45.8 Å². The van der Waals surface area contributed by atoms with Gasteiger partial charge in [0.05, 0.1) is 31.0 Å². The van der Waals surface area contributed by atoms with Crippen LogP contribution >= 0.6 is 0 Å². The molecule has 2 aromatic carbocycles. The zero-order valence-corrected chi connectivity index (χ0v) is 45.3. The Hall–Kier alpha value is -5.52. The number of hydrogen-bond donors (Lipinski definition) is 9. The van der Waals surface area contributed by atoms with Crippen LogP contribution in [0.3, 0.4) is 0 Å². The van der Waals surface area contributed by atoms with E-state index < -0.39 is 79.7 Å². The van der Waals surface area contributed by atoms with Crippen molar-refractivity contribution in [3.05, 3.63) is 47.5 Å². The third kappa shape index (κ3) is 21.5. The van der Waals surface area contributed by atoms with Gasteiger partial charge < -0.3 is 73.2 Å². The molecule has 0 aliphatic carbocycles. The molecule has 2 fully saturated rings. The minimum atomic E-state index is -1.68. The molecule has 0 unspecified atom stereocenters. The fraction of sp³-hybridized carbons (Fsp3) is 0.587. The van der Waals surface area contributed by atoms with Crippen LogP contribution < -0.4 is 48.7 Å². The summed E-state index contributed by atoms with van der Waals surface area (Å²) in [4.78, 5) is 114. The number of aliphatic carboxylic acids is 2. The van der Waals surface area contributed by atoms with E-state index in [1.165, 1.54) is 17.9 Å². The molecule has 2 aliphatic heterocycles. The van der Waals surface area contributed by atoms with Crippen LogP contribution in [0.5, 0.6) is 0 Å². The molecule has 25 nitrogen and oxygen atoms in total. The number of carbonyl (C=O) groups excluding carboxylic acids is 8. The number of hydrogen-bond acceptors (Lipinski definition) is 17. The van der Waals surface area contributed by atoms with E-state index in [2.05, 4.69) is 26.3 Å². The second kappa shape index (κ2) is 31.9. The Morgan fingerprint density at radius 1 is 0.685 bits per heavy atom. The SMILES string of the molecule is C[C@@H](NC(=O)c1ccc(C(=O)NCCCCCNC(=O)[C@H](CCCN=C(N)N)NC(=O)CN2CCN(CC(=O)[O-])CCN(CC(N)=O)CCN(CC(=O)[O-])CC2)c2ccccc12)C(=O)N1CCC[C@H]1B(O)O.[Pb+2]. The molecule has 3 atom stereocenters. The molecule has 2 aromatic rings. The van der Waals surface area contributed by atoms with Crippen molar-refractivity contribution < 1.29 is 58.6 Å². The van der Waals surface area contributed by atoms with Crippen LogP contribution in [-0.2, 0) is 28.8 Å². The van der Waals surface area contributed by atoms with E-state index in [-0.39, 0.29) is 130 Å². The first-order valence-electron chi connectivity index (χ1n) is 24.3. The maximum atomic E-state index is 13.6. The van der Waals surface area contributed by atoms with Gasteiger partial charge in [0.2, 0.25) is 23.6 Å². The Morgan fingerprint density at radius 2 is 1.19 bits per heavy atom. The molecule has 2 heterocycles. The monoisotopic (exact) mass is 1220 g/mol. The summed E-state index contributed by atoms with van der Waals surface area (Å²) in [7, 11) is -1.68. The molecule has 27 heteroatoms. The summed E-state index contributed by atoms with van der Waals surface area (Å²) in [6.07, 6.45) is 3.33. The summed E-state index contributed by atoms with van der Waals surface area (Å²) in [5.74, 6) is -6.34.